The summed E-state index contributed by atoms with van der Waals surface area (Å²) in [6.45, 7) is 4.47. The van der Waals surface area contributed by atoms with Crippen LogP contribution in [-0.2, 0) is 26.5 Å². The minimum Gasteiger partial charge on any atom is -0.305 e. The summed E-state index contributed by atoms with van der Waals surface area (Å²) in [4.78, 5) is 0. The van der Waals surface area contributed by atoms with Gasteiger partial charge in [0.1, 0.15) is 4.62 Å². The van der Waals surface area contributed by atoms with E-state index in [-0.39, 0.29) is 0 Å². The molecule has 1 aliphatic carbocycles. The van der Waals surface area contributed by atoms with Crippen LogP contribution in [0, 0.1) is 0 Å². The lowest BCUT2D eigenvalue weighted by molar-refractivity contribution is 0.230. The molecule has 0 saturated heterocycles. The molecule has 0 saturated carbocycles. The average molecular weight is 336 g/mol. The second-order valence-electron chi connectivity index (χ2n) is 5.28. The van der Waals surface area contributed by atoms with Crippen molar-refractivity contribution in [3.05, 3.63) is 40.8 Å². The van der Waals surface area contributed by atoms with E-state index >= 15 is 0 Å². The molecule has 0 bridgehead atoms. The van der Waals surface area contributed by atoms with Crippen molar-refractivity contribution < 1.29 is 13.6 Å². The lowest BCUT2D eigenvalue weighted by Gasteiger charge is -2.18. The standard InChI is InChI=1S/C17H21O3PS/c1-3-19-21(18,20-4-2)17-16-14(12-22-17)10-7-9-13-8-5-6-11-15(13)16/h5-6,8,11-12H,3-4,7,9-10H2,1-2H3. The number of hydrogen-bond acceptors (Lipinski definition) is 4. The van der Waals surface area contributed by atoms with Gasteiger partial charge in [-0.05, 0) is 55.2 Å². The van der Waals surface area contributed by atoms with Crippen molar-refractivity contribution in [3.8, 4) is 11.1 Å². The van der Waals surface area contributed by atoms with Crippen LogP contribution in [0.2, 0.25) is 0 Å². The van der Waals surface area contributed by atoms with Crippen molar-refractivity contribution in [2.75, 3.05) is 13.2 Å². The summed E-state index contributed by atoms with van der Waals surface area (Å²) in [6, 6.07) is 8.40. The van der Waals surface area contributed by atoms with Gasteiger partial charge in [-0.3, -0.25) is 4.57 Å². The van der Waals surface area contributed by atoms with Crippen molar-refractivity contribution in [1.29, 1.82) is 0 Å². The van der Waals surface area contributed by atoms with Gasteiger partial charge in [-0.15, -0.1) is 11.3 Å². The Morgan fingerprint density at radius 3 is 2.50 bits per heavy atom. The molecule has 0 N–H and O–H groups in total. The molecule has 1 aromatic heterocycles. The molecule has 0 aliphatic heterocycles. The molecule has 118 valence electrons. The van der Waals surface area contributed by atoms with E-state index in [2.05, 4.69) is 23.6 Å². The highest BCUT2D eigenvalue weighted by atomic mass is 32.1. The Labute approximate surface area is 135 Å². The molecule has 0 unspecified atom stereocenters. The number of hydrogen-bond donors (Lipinski definition) is 0. The predicted molar refractivity (Wildman–Crippen MR) is 92.3 cm³/mol. The third-order valence-corrected chi connectivity index (χ3v) is 7.61. The highest BCUT2D eigenvalue weighted by Gasteiger charge is 2.34. The number of rotatable bonds is 5. The Morgan fingerprint density at radius 1 is 1.09 bits per heavy atom. The van der Waals surface area contributed by atoms with Gasteiger partial charge in [0, 0.05) is 5.56 Å². The first kappa shape index (κ1) is 15.9. The van der Waals surface area contributed by atoms with Gasteiger partial charge in [0.2, 0.25) is 0 Å². The molecule has 0 fully saturated rings. The number of benzene rings is 1. The van der Waals surface area contributed by atoms with Crippen molar-refractivity contribution >= 4 is 23.6 Å². The molecule has 3 nitrogen and oxygen atoms in total. The zero-order valence-electron chi connectivity index (χ0n) is 13.0. The smallest absolute Gasteiger partial charge is 0.305 e. The van der Waals surface area contributed by atoms with Crippen LogP contribution in [0.5, 0.6) is 0 Å². The molecule has 1 aromatic carbocycles. The summed E-state index contributed by atoms with van der Waals surface area (Å²) >= 11 is 1.51. The third kappa shape index (κ3) is 2.81. The summed E-state index contributed by atoms with van der Waals surface area (Å²) in [5, 5.41) is 2.12. The number of aryl methyl sites for hydroxylation is 2. The lowest BCUT2D eigenvalue weighted by atomic mass is 10.0. The van der Waals surface area contributed by atoms with Crippen LogP contribution < -0.4 is 4.62 Å². The SMILES string of the molecule is CCOP(=O)(OCC)c1scc2c1-c1ccccc1CCC2. The Morgan fingerprint density at radius 2 is 1.77 bits per heavy atom. The molecule has 5 heteroatoms. The monoisotopic (exact) mass is 336 g/mol. The van der Waals surface area contributed by atoms with Crippen molar-refractivity contribution in [2.24, 2.45) is 0 Å². The first-order valence-electron chi connectivity index (χ1n) is 7.78. The maximum absolute atomic E-state index is 13.2. The Bertz CT molecular complexity index is 698. The van der Waals surface area contributed by atoms with Crippen LogP contribution in [0.3, 0.4) is 0 Å². The Kier molecular flexibility index (Phi) is 4.84. The van der Waals surface area contributed by atoms with Crippen molar-refractivity contribution in [1.82, 2.24) is 0 Å². The quantitative estimate of drug-likeness (QED) is 0.736. The molecule has 0 radical (unpaired) electrons. The van der Waals surface area contributed by atoms with E-state index in [1.165, 1.54) is 28.0 Å². The molecular weight excluding hydrogens is 315 g/mol. The summed E-state index contributed by atoms with van der Waals surface area (Å²) in [5.41, 5.74) is 4.86. The van der Waals surface area contributed by atoms with E-state index in [1.807, 2.05) is 19.9 Å². The van der Waals surface area contributed by atoms with E-state index in [4.69, 9.17) is 9.05 Å². The molecule has 0 spiro atoms. The third-order valence-electron chi connectivity index (χ3n) is 3.87. The number of thiophene rings is 1. The maximum Gasteiger partial charge on any atom is 0.371 e. The fourth-order valence-electron chi connectivity index (χ4n) is 3.00. The van der Waals surface area contributed by atoms with Gasteiger partial charge in [-0.1, -0.05) is 24.3 Å². The minimum atomic E-state index is -3.24. The van der Waals surface area contributed by atoms with E-state index in [0.717, 1.165) is 29.4 Å². The summed E-state index contributed by atoms with van der Waals surface area (Å²) in [7, 11) is -3.24. The van der Waals surface area contributed by atoms with Gasteiger partial charge in [-0.25, -0.2) is 0 Å². The van der Waals surface area contributed by atoms with Gasteiger partial charge >= 0.3 is 7.60 Å². The first-order valence-corrected chi connectivity index (χ1v) is 10.2. The number of fused-ring (bicyclic) bond motifs is 3. The van der Waals surface area contributed by atoms with Gasteiger partial charge in [0.25, 0.3) is 0 Å². The van der Waals surface area contributed by atoms with Crippen LogP contribution in [-0.4, -0.2) is 13.2 Å². The van der Waals surface area contributed by atoms with E-state index in [1.54, 1.807) is 0 Å². The van der Waals surface area contributed by atoms with Gasteiger partial charge in [-0.2, -0.15) is 0 Å². The molecule has 22 heavy (non-hydrogen) atoms. The maximum atomic E-state index is 13.2. The molecule has 1 aliphatic rings. The molecule has 2 aromatic rings. The highest BCUT2D eigenvalue weighted by Crippen LogP contribution is 2.52. The molecule has 0 atom stereocenters. The lowest BCUT2D eigenvalue weighted by Crippen LogP contribution is -2.10. The van der Waals surface area contributed by atoms with Gasteiger partial charge in [0.05, 0.1) is 13.2 Å². The van der Waals surface area contributed by atoms with Crippen LogP contribution in [0.4, 0.5) is 0 Å². The minimum absolute atomic E-state index is 0.381. The van der Waals surface area contributed by atoms with Crippen molar-refractivity contribution in [2.45, 2.75) is 33.1 Å². The first-order chi connectivity index (χ1) is 10.7. The van der Waals surface area contributed by atoms with Crippen LogP contribution in [0.15, 0.2) is 29.6 Å². The fourth-order valence-corrected chi connectivity index (χ4v) is 6.37. The largest absolute Gasteiger partial charge is 0.371 e. The van der Waals surface area contributed by atoms with E-state index in [9.17, 15) is 4.57 Å². The fraction of sp³-hybridized carbons (Fsp3) is 0.412. The zero-order chi connectivity index (χ0) is 15.6. The predicted octanol–water partition coefficient (Wildman–Crippen LogP) is 4.80. The second kappa shape index (κ2) is 6.67. The van der Waals surface area contributed by atoms with Gasteiger partial charge < -0.3 is 9.05 Å². The van der Waals surface area contributed by atoms with Gasteiger partial charge in [0.15, 0.2) is 0 Å². The molecular formula is C17H21O3PS. The van der Waals surface area contributed by atoms with Crippen molar-refractivity contribution in [3.63, 3.8) is 0 Å². The van der Waals surface area contributed by atoms with Crippen LogP contribution in [0.1, 0.15) is 31.4 Å². The van der Waals surface area contributed by atoms with Crippen LogP contribution in [0.25, 0.3) is 11.1 Å². The normalized spacial score (nSPS) is 14.3. The summed E-state index contributed by atoms with van der Waals surface area (Å²) < 4.78 is 25.2. The molecule has 1 heterocycles. The highest BCUT2D eigenvalue weighted by molar-refractivity contribution is 7.69. The summed E-state index contributed by atoms with van der Waals surface area (Å²) in [5.74, 6) is 0. The Balaban J connectivity index is 2.19. The van der Waals surface area contributed by atoms with E-state index in [0.29, 0.717) is 13.2 Å². The second-order valence-corrected chi connectivity index (χ2v) is 8.43. The molecule has 3 rings (SSSR count). The molecule has 0 amide bonds. The van der Waals surface area contributed by atoms with E-state index < -0.39 is 7.60 Å². The topological polar surface area (TPSA) is 35.5 Å². The summed E-state index contributed by atoms with van der Waals surface area (Å²) in [6.07, 6.45) is 3.19. The zero-order valence-corrected chi connectivity index (χ0v) is 14.7. The average Bonchev–Trinajstić information content (AvgIpc) is 2.85. The Hall–Kier alpha value is -0.930. The van der Waals surface area contributed by atoms with Crippen LogP contribution >= 0.6 is 18.9 Å².